The molecule has 1 saturated heterocycles. The second-order valence-electron chi connectivity index (χ2n) is 8.22. The number of likely N-dealkylation sites (tertiary alicyclic amines) is 1. The summed E-state index contributed by atoms with van der Waals surface area (Å²) in [7, 11) is 5.66. The van der Waals surface area contributed by atoms with Crippen LogP contribution in [-0.4, -0.2) is 62.2 Å². The number of carbonyl (C=O) groups is 1. The summed E-state index contributed by atoms with van der Waals surface area (Å²) in [6, 6.07) is 3.72. The molecule has 3 N–H and O–H groups in total. The second kappa shape index (κ2) is 5.84. The lowest BCUT2D eigenvalue weighted by atomic mass is 9.48. The zero-order valence-electron chi connectivity index (χ0n) is 16.4. The van der Waals surface area contributed by atoms with Gasteiger partial charge in [-0.1, -0.05) is 6.07 Å². The maximum atomic E-state index is 11.3. The van der Waals surface area contributed by atoms with E-state index in [-0.39, 0.29) is 23.2 Å². The zero-order valence-corrected chi connectivity index (χ0v) is 16.4. The maximum Gasteiger partial charge on any atom is 0.332 e. The van der Waals surface area contributed by atoms with Crippen LogP contribution in [0.3, 0.4) is 0 Å². The van der Waals surface area contributed by atoms with Crippen molar-refractivity contribution in [2.75, 3.05) is 27.8 Å². The molecule has 1 aromatic rings. The summed E-state index contributed by atoms with van der Waals surface area (Å²) in [4.78, 5) is 13.7. The Morgan fingerprint density at radius 1 is 1.39 bits per heavy atom. The van der Waals surface area contributed by atoms with E-state index in [1.54, 1.807) is 7.11 Å². The van der Waals surface area contributed by atoms with Gasteiger partial charge in [0.15, 0.2) is 17.6 Å². The van der Waals surface area contributed by atoms with E-state index >= 15 is 0 Å². The average Bonchev–Trinajstić information content (AvgIpc) is 3.04. The van der Waals surface area contributed by atoms with E-state index in [0.717, 1.165) is 43.0 Å². The van der Waals surface area contributed by atoms with E-state index in [4.69, 9.17) is 19.9 Å². The highest BCUT2D eigenvalue weighted by Gasteiger charge is 2.73. The number of urea groups is 1. The molecule has 2 amide bonds. The van der Waals surface area contributed by atoms with Crippen molar-refractivity contribution in [1.29, 1.82) is 0 Å². The number of amides is 2. The highest BCUT2D eigenvalue weighted by molar-refractivity contribution is 5.95. The number of methoxy groups -OCH3 is 2. The number of carbonyl (C=O) groups excluding carboxylic acids is 1. The van der Waals surface area contributed by atoms with Crippen molar-refractivity contribution in [1.82, 2.24) is 10.3 Å². The van der Waals surface area contributed by atoms with Crippen molar-refractivity contribution in [3.8, 4) is 11.5 Å². The van der Waals surface area contributed by atoms with E-state index in [1.165, 1.54) is 11.1 Å². The highest BCUT2D eigenvalue weighted by atomic mass is 16.5. The van der Waals surface area contributed by atoms with Crippen LogP contribution in [-0.2, 0) is 16.6 Å². The molecule has 0 radical (unpaired) electrons. The third-order valence-electron chi connectivity index (χ3n) is 7.38. The Hall–Kier alpha value is -2.32. The highest BCUT2D eigenvalue weighted by Crippen LogP contribution is 2.65. The topological polar surface area (TPSA) is 98.4 Å². The number of piperidine rings is 1. The van der Waals surface area contributed by atoms with Crippen molar-refractivity contribution in [3.05, 3.63) is 23.3 Å². The molecular formula is C20H26N4O4. The molecule has 4 aliphatic rings. The SMILES string of the molecule is COc1ccc2c3c1O[C@H]1/C(=N/NC(N)=O)CC[C@@]4(OC)[C@@H](C2)N(C)CC[C@]314. The summed E-state index contributed by atoms with van der Waals surface area (Å²) in [6.45, 7) is 0.947. The number of nitrogens with zero attached hydrogens (tertiary/aromatic N) is 2. The Bertz CT molecular complexity index is 887. The van der Waals surface area contributed by atoms with Crippen LogP contribution in [0.1, 0.15) is 30.4 Å². The van der Waals surface area contributed by atoms with Crippen LogP contribution in [0.4, 0.5) is 4.79 Å². The molecule has 150 valence electrons. The normalized spacial score (nSPS) is 36.6. The van der Waals surface area contributed by atoms with E-state index in [9.17, 15) is 4.79 Å². The van der Waals surface area contributed by atoms with Gasteiger partial charge in [-0.05, 0) is 50.9 Å². The van der Waals surface area contributed by atoms with Gasteiger partial charge < -0.3 is 24.8 Å². The predicted molar refractivity (Wildman–Crippen MR) is 103 cm³/mol. The molecular weight excluding hydrogens is 360 g/mol. The number of hydrogen-bond acceptors (Lipinski definition) is 6. The molecule has 8 heteroatoms. The summed E-state index contributed by atoms with van der Waals surface area (Å²) in [5, 5.41) is 4.34. The number of primary amides is 1. The summed E-state index contributed by atoms with van der Waals surface area (Å²) in [5.41, 5.74) is 10.2. The molecule has 1 spiro atoms. The van der Waals surface area contributed by atoms with Crippen LogP contribution in [0.5, 0.6) is 11.5 Å². The summed E-state index contributed by atoms with van der Waals surface area (Å²) < 4.78 is 18.6. The minimum absolute atomic E-state index is 0.259. The fourth-order valence-corrected chi connectivity index (χ4v) is 6.33. The third-order valence-corrected chi connectivity index (χ3v) is 7.38. The summed E-state index contributed by atoms with van der Waals surface area (Å²) in [6.07, 6.45) is 2.99. The minimum atomic E-state index is -0.674. The first kappa shape index (κ1) is 17.8. The first-order valence-corrected chi connectivity index (χ1v) is 9.73. The quantitative estimate of drug-likeness (QED) is 0.760. The number of likely N-dealkylation sites (N-methyl/N-ethyl adjacent to an activating group) is 1. The van der Waals surface area contributed by atoms with Gasteiger partial charge in [-0.2, -0.15) is 5.10 Å². The number of hydrogen-bond donors (Lipinski definition) is 2. The van der Waals surface area contributed by atoms with Gasteiger partial charge in [0.25, 0.3) is 0 Å². The number of hydrazone groups is 1. The summed E-state index contributed by atoms with van der Waals surface area (Å²) >= 11 is 0. The lowest BCUT2D eigenvalue weighted by molar-refractivity contribution is -0.180. The van der Waals surface area contributed by atoms with Crippen LogP contribution in [0.25, 0.3) is 0 Å². The largest absolute Gasteiger partial charge is 0.493 e. The number of ether oxygens (including phenoxy) is 3. The van der Waals surface area contributed by atoms with Gasteiger partial charge in [0, 0.05) is 18.7 Å². The molecule has 0 aromatic heterocycles. The predicted octanol–water partition coefficient (Wildman–Crippen LogP) is 1.16. The van der Waals surface area contributed by atoms with Crippen LogP contribution >= 0.6 is 0 Å². The molecule has 1 aromatic carbocycles. The fourth-order valence-electron chi connectivity index (χ4n) is 6.33. The Labute approximate surface area is 164 Å². The lowest BCUT2D eigenvalue weighted by Gasteiger charge is -2.64. The number of nitrogens with two attached hydrogens (primary N) is 1. The standard InChI is InChI=1S/C20H26N4O4/c1-24-9-8-19-15-11-4-5-13(26-2)16(15)28-17(19)12(22-23-18(21)25)6-7-20(19,27-3)14(24)10-11/h4-5,14,17H,6-10H2,1-3H3,(H3,21,23,25)/b22-12+/t14-,17+,19+,20-/m1/s1. The Morgan fingerprint density at radius 3 is 2.93 bits per heavy atom. The van der Waals surface area contributed by atoms with Gasteiger partial charge in [-0.25, -0.2) is 10.2 Å². The molecule has 8 nitrogen and oxygen atoms in total. The average molecular weight is 386 g/mol. The number of rotatable bonds is 3. The van der Waals surface area contributed by atoms with Crippen molar-refractivity contribution in [2.24, 2.45) is 10.8 Å². The molecule has 5 rings (SSSR count). The van der Waals surface area contributed by atoms with Crippen molar-refractivity contribution in [3.63, 3.8) is 0 Å². The number of nitrogens with one attached hydrogen (secondary N) is 1. The Morgan fingerprint density at radius 2 is 2.21 bits per heavy atom. The minimum Gasteiger partial charge on any atom is -0.493 e. The van der Waals surface area contributed by atoms with Crippen molar-refractivity contribution >= 4 is 11.7 Å². The molecule has 2 bridgehead atoms. The van der Waals surface area contributed by atoms with Crippen LogP contribution < -0.4 is 20.6 Å². The molecule has 0 unspecified atom stereocenters. The molecule has 2 heterocycles. The van der Waals surface area contributed by atoms with Crippen LogP contribution in [0.2, 0.25) is 0 Å². The molecule has 4 atom stereocenters. The van der Waals surface area contributed by atoms with Gasteiger partial charge in [0.05, 0.1) is 23.8 Å². The van der Waals surface area contributed by atoms with E-state index in [2.05, 4.69) is 28.5 Å². The van der Waals surface area contributed by atoms with Gasteiger partial charge in [0.1, 0.15) is 0 Å². The van der Waals surface area contributed by atoms with Gasteiger partial charge in [-0.15, -0.1) is 0 Å². The monoisotopic (exact) mass is 386 g/mol. The van der Waals surface area contributed by atoms with Gasteiger partial charge in [0.2, 0.25) is 0 Å². The summed E-state index contributed by atoms with van der Waals surface area (Å²) in [5.74, 6) is 1.52. The van der Waals surface area contributed by atoms with Crippen LogP contribution in [0, 0.1) is 0 Å². The molecule has 2 aliphatic carbocycles. The van der Waals surface area contributed by atoms with Crippen molar-refractivity contribution in [2.45, 2.75) is 48.8 Å². The smallest absolute Gasteiger partial charge is 0.332 e. The lowest BCUT2D eigenvalue weighted by Crippen LogP contribution is -2.76. The molecule has 28 heavy (non-hydrogen) atoms. The fraction of sp³-hybridized carbons (Fsp3) is 0.600. The van der Waals surface area contributed by atoms with Crippen molar-refractivity contribution < 1.29 is 19.0 Å². The Kier molecular flexibility index (Phi) is 3.70. The maximum absolute atomic E-state index is 11.3. The third kappa shape index (κ3) is 1.92. The second-order valence-corrected chi connectivity index (χ2v) is 8.22. The zero-order chi connectivity index (χ0) is 19.7. The molecule has 2 aliphatic heterocycles. The van der Waals surface area contributed by atoms with Gasteiger partial charge >= 0.3 is 6.03 Å². The number of benzene rings is 1. The molecule has 2 fully saturated rings. The first-order valence-electron chi connectivity index (χ1n) is 9.73. The van der Waals surface area contributed by atoms with E-state index in [0.29, 0.717) is 6.42 Å². The van der Waals surface area contributed by atoms with Crippen LogP contribution in [0.15, 0.2) is 17.2 Å². The van der Waals surface area contributed by atoms with Gasteiger partial charge in [-0.3, -0.25) is 0 Å². The van der Waals surface area contributed by atoms with E-state index < -0.39 is 6.03 Å². The molecule has 1 saturated carbocycles. The first-order chi connectivity index (χ1) is 13.5. The Balaban J connectivity index is 1.77. The van der Waals surface area contributed by atoms with E-state index in [1.807, 2.05) is 13.2 Å².